The highest BCUT2D eigenvalue weighted by Gasteiger charge is 2.30. The molecule has 8 rings (SSSR count). The molecule has 0 spiro atoms. The van der Waals surface area contributed by atoms with E-state index in [2.05, 4.69) is 21.9 Å². The van der Waals surface area contributed by atoms with Crippen LogP contribution < -0.4 is 14.8 Å². The Balaban J connectivity index is 0.000000180. The van der Waals surface area contributed by atoms with E-state index in [0.717, 1.165) is 30.7 Å². The second kappa shape index (κ2) is 15.3. The second-order valence-corrected chi connectivity index (χ2v) is 12.5. The average Bonchev–Trinajstić information content (AvgIpc) is 3.78. The predicted molar refractivity (Wildman–Crippen MR) is 189 cm³/mol. The smallest absolute Gasteiger partial charge is 0.245 e. The molecule has 0 atom stereocenters. The zero-order valence-electron chi connectivity index (χ0n) is 27.5. The lowest BCUT2D eigenvalue weighted by Gasteiger charge is -2.38. The summed E-state index contributed by atoms with van der Waals surface area (Å²) in [6.07, 6.45) is 10.9. The molecule has 11 nitrogen and oxygen atoms in total. The number of aromatic nitrogens is 4. The first-order valence-electron chi connectivity index (χ1n) is 16.2. The SMILES string of the molecule is C.C=CC(=O)N1CC(COc2cc(-c3ccc(O)c(F)c3F)cn3cncc23)C1.Oc1ccc(-c2cc(OCC3CNC3)c3cncn3c2)c(F)c1F. The third-order valence-corrected chi connectivity index (χ3v) is 8.97. The number of carbonyl (C=O) groups excluding carboxylic acids is 1. The van der Waals surface area contributed by atoms with Crippen molar-refractivity contribution >= 4 is 16.9 Å². The summed E-state index contributed by atoms with van der Waals surface area (Å²) >= 11 is 0. The number of ether oxygens (including phenoxy) is 2. The zero-order chi connectivity index (χ0) is 36.5. The Labute approximate surface area is 301 Å². The van der Waals surface area contributed by atoms with Crippen molar-refractivity contribution < 1.29 is 42.0 Å². The maximum atomic E-state index is 14.3. The third-order valence-electron chi connectivity index (χ3n) is 8.97. The lowest BCUT2D eigenvalue weighted by Crippen LogP contribution is -2.51. The Bertz CT molecular complexity index is 2300. The topological polar surface area (TPSA) is 126 Å². The fraction of sp³-hybridized carbons (Fsp3) is 0.237. The molecule has 0 radical (unpaired) electrons. The van der Waals surface area contributed by atoms with E-state index in [1.54, 1.807) is 56.9 Å². The van der Waals surface area contributed by atoms with Crippen LogP contribution in [-0.2, 0) is 4.79 Å². The van der Waals surface area contributed by atoms with Gasteiger partial charge in [-0.25, -0.2) is 18.7 Å². The van der Waals surface area contributed by atoms with Gasteiger partial charge in [0.1, 0.15) is 22.5 Å². The number of hydrogen-bond acceptors (Lipinski definition) is 8. The molecule has 6 aromatic rings. The maximum absolute atomic E-state index is 14.3. The average molecular weight is 733 g/mol. The number of nitrogens with one attached hydrogen (secondary N) is 1. The molecule has 2 fully saturated rings. The molecule has 53 heavy (non-hydrogen) atoms. The number of nitrogens with zero attached hydrogens (tertiary/aromatic N) is 5. The molecule has 4 aromatic heterocycles. The number of amides is 1. The van der Waals surface area contributed by atoms with Crippen molar-refractivity contribution in [2.75, 3.05) is 39.4 Å². The summed E-state index contributed by atoms with van der Waals surface area (Å²) < 4.78 is 71.0. The van der Waals surface area contributed by atoms with Crippen molar-refractivity contribution in [3.63, 3.8) is 0 Å². The van der Waals surface area contributed by atoms with Crippen LogP contribution in [0, 0.1) is 35.1 Å². The van der Waals surface area contributed by atoms with Gasteiger partial charge in [0, 0.05) is 72.7 Å². The quantitative estimate of drug-likeness (QED) is 0.118. The molecule has 2 aromatic carbocycles. The molecule has 1 amide bonds. The van der Waals surface area contributed by atoms with Crippen LogP contribution in [-0.4, -0.2) is 79.2 Å². The molecular weight excluding hydrogens is 696 g/mol. The number of phenolic OH excluding ortho intramolecular Hbond substituents is 2. The van der Waals surface area contributed by atoms with Crippen LogP contribution in [0.15, 0.2) is 86.5 Å². The number of benzene rings is 2. The number of pyridine rings is 2. The zero-order valence-corrected chi connectivity index (χ0v) is 27.5. The van der Waals surface area contributed by atoms with Gasteiger partial charge in [0.25, 0.3) is 0 Å². The Morgan fingerprint density at radius 1 is 0.792 bits per heavy atom. The van der Waals surface area contributed by atoms with E-state index in [1.807, 2.05) is 0 Å². The number of halogens is 4. The minimum Gasteiger partial charge on any atom is -0.505 e. The van der Waals surface area contributed by atoms with Crippen LogP contribution >= 0.6 is 0 Å². The van der Waals surface area contributed by atoms with Crippen LogP contribution in [0.3, 0.4) is 0 Å². The Hall–Kier alpha value is -6.09. The highest BCUT2D eigenvalue weighted by atomic mass is 19.2. The second-order valence-electron chi connectivity index (χ2n) is 12.5. The van der Waals surface area contributed by atoms with Crippen LogP contribution in [0.4, 0.5) is 17.6 Å². The summed E-state index contributed by atoms with van der Waals surface area (Å²) in [6, 6.07) is 8.15. The lowest BCUT2D eigenvalue weighted by molar-refractivity contribution is -0.132. The molecule has 0 saturated carbocycles. The van der Waals surface area contributed by atoms with E-state index in [9.17, 15) is 32.6 Å². The number of hydrogen-bond donors (Lipinski definition) is 3. The van der Waals surface area contributed by atoms with Gasteiger partial charge in [-0.3, -0.25) is 4.79 Å². The molecule has 2 aliphatic heterocycles. The predicted octanol–water partition coefficient (Wildman–Crippen LogP) is 6.23. The summed E-state index contributed by atoms with van der Waals surface area (Å²) in [4.78, 5) is 21.3. The fourth-order valence-electron chi connectivity index (χ4n) is 5.92. The van der Waals surface area contributed by atoms with Crippen LogP contribution in [0.2, 0.25) is 0 Å². The Kier molecular flexibility index (Phi) is 10.6. The van der Waals surface area contributed by atoms with Gasteiger partial charge in [-0.2, -0.15) is 8.78 Å². The van der Waals surface area contributed by atoms with E-state index in [-0.39, 0.29) is 30.4 Å². The van der Waals surface area contributed by atoms with Crippen molar-refractivity contribution in [2.24, 2.45) is 11.8 Å². The number of carbonyl (C=O) groups is 1. The molecule has 3 N–H and O–H groups in total. The number of aromatic hydroxyl groups is 2. The van der Waals surface area contributed by atoms with E-state index >= 15 is 0 Å². The van der Waals surface area contributed by atoms with Gasteiger partial charge in [0.05, 0.1) is 38.3 Å². The molecule has 15 heteroatoms. The van der Waals surface area contributed by atoms with E-state index in [4.69, 9.17) is 9.47 Å². The Morgan fingerprint density at radius 3 is 1.70 bits per heavy atom. The van der Waals surface area contributed by atoms with Gasteiger partial charge in [-0.1, -0.05) is 14.0 Å². The summed E-state index contributed by atoms with van der Waals surface area (Å²) in [5.74, 6) is -4.71. The molecule has 2 aliphatic rings. The normalized spacial score (nSPS) is 14.2. The monoisotopic (exact) mass is 732 g/mol. The van der Waals surface area contributed by atoms with Crippen LogP contribution in [0.25, 0.3) is 33.3 Å². The highest BCUT2D eigenvalue weighted by molar-refractivity contribution is 5.87. The lowest BCUT2D eigenvalue weighted by atomic mass is 10.0. The first kappa shape index (κ1) is 36.7. The highest BCUT2D eigenvalue weighted by Crippen LogP contribution is 2.35. The standard InChI is InChI=1S/C20H17F2N3O3.C17H15F2N3O2.CH4/c1-2-18(27)24-7-12(8-24)10-28-17-5-13(9-25-11-23-6-15(17)25)14-3-4-16(26)20(22)19(14)21;18-16-12(1-2-14(23)17(16)19)11-3-15(24-8-10-4-20-5-10)13-6-21-9-22(13)7-11;/h2-6,9,11-12,26H,1,7-8,10H2;1-3,6-7,9-10,20,23H,4-5,8H2;1H4. The van der Waals surface area contributed by atoms with E-state index in [1.165, 1.54) is 24.5 Å². The van der Waals surface area contributed by atoms with Crippen molar-refractivity contribution in [1.29, 1.82) is 0 Å². The van der Waals surface area contributed by atoms with Crippen molar-refractivity contribution in [3.8, 4) is 45.3 Å². The number of imidazole rings is 2. The molecular formula is C38H36F4N6O5. The van der Waals surface area contributed by atoms with Gasteiger partial charge < -0.3 is 38.7 Å². The van der Waals surface area contributed by atoms with Crippen LogP contribution in [0.1, 0.15) is 7.43 Å². The fourth-order valence-corrected chi connectivity index (χ4v) is 5.92. The van der Waals surface area contributed by atoms with E-state index < -0.39 is 34.8 Å². The molecule has 276 valence electrons. The molecule has 6 heterocycles. The van der Waals surface area contributed by atoms with Crippen molar-refractivity contribution in [3.05, 3.63) is 110 Å². The largest absolute Gasteiger partial charge is 0.505 e. The third kappa shape index (κ3) is 7.33. The number of fused-ring (bicyclic) bond motifs is 2. The van der Waals surface area contributed by atoms with Gasteiger partial charge in [0.2, 0.25) is 17.5 Å². The molecule has 0 aliphatic carbocycles. The van der Waals surface area contributed by atoms with Gasteiger partial charge in [-0.05, 0) is 42.5 Å². The minimum atomic E-state index is -1.30. The van der Waals surface area contributed by atoms with Gasteiger partial charge in [0.15, 0.2) is 23.1 Å². The van der Waals surface area contributed by atoms with E-state index in [0.29, 0.717) is 60.4 Å². The maximum Gasteiger partial charge on any atom is 0.245 e. The van der Waals surface area contributed by atoms with Crippen LogP contribution in [0.5, 0.6) is 23.0 Å². The molecule has 0 bridgehead atoms. The summed E-state index contributed by atoms with van der Waals surface area (Å²) in [5.41, 5.74) is 2.32. The number of phenols is 2. The van der Waals surface area contributed by atoms with Crippen molar-refractivity contribution in [1.82, 2.24) is 29.0 Å². The van der Waals surface area contributed by atoms with Gasteiger partial charge >= 0.3 is 0 Å². The molecule has 0 unspecified atom stereocenters. The Morgan fingerprint density at radius 2 is 1.26 bits per heavy atom. The summed E-state index contributed by atoms with van der Waals surface area (Å²) in [7, 11) is 0. The number of rotatable bonds is 9. The summed E-state index contributed by atoms with van der Waals surface area (Å²) in [6.45, 7) is 7.36. The van der Waals surface area contributed by atoms with Gasteiger partial charge in [-0.15, -0.1) is 0 Å². The number of likely N-dealkylation sites (tertiary alicyclic amines) is 1. The first-order chi connectivity index (χ1) is 25.1. The summed E-state index contributed by atoms with van der Waals surface area (Å²) in [5, 5.41) is 21.8. The first-order valence-corrected chi connectivity index (χ1v) is 16.2. The minimum absolute atomic E-state index is 0. The molecule has 2 saturated heterocycles. The van der Waals surface area contributed by atoms with Crippen molar-refractivity contribution in [2.45, 2.75) is 7.43 Å².